The molecule has 2 heterocycles. The van der Waals surface area contributed by atoms with Crippen LogP contribution in [0.3, 0.4) is 0 Å². The molecule has 0 spiro atoms. The molecule has 2 aromatic heterocycles. The lowest BCUT2D eigenvalue weighted by atomic mass is 9.99. The highest BCUT2D eigenvalue weighted by Crippen LogP contribution is 2.34. The molecule has 0 radical (unpaired) electrons. The third-order valence-electron chi connectivity index (χ3n) is 8.11. The van der Waals surface area contributed by atoms with E-state index in [9.17, 15) is 0 Å². The zero-order valence-corrected chi connectivity index (χ0v) is 23.9. The van der Waals surface area contributed by atoms with E-state index in [1.54, 1.807) is 0 Å². The Morgan fingerprint density at radius 3 is 1.36 bits per heavy atom. The van der Waals surface area contributed by atoms with E-state index in [0.717, 1.165) is 55.4 Å². The van der Waals surface area contributed by atoms with Crippen molar-refractivity contribution in [2.75, 3.05) is 0 Å². The molecule has 0 aliphatic rings. The smallest absolute Gasteiger partial charge is 0.160 e. The summed E-state index contributed by atoms with van der Waals surface area (Å²) in [7, 11) is 0. The molecule has 3 heteroatoms. The van der Waals surface area contributed by atoms with Crippen molar-refractivity contribution in [3.8, 4) is 56.2 Å². The monoisotopic (exact) mass is 561 g/mol. The molecule has 8 aromatic rings. The number of benzene rings is 6. The minimum absolute atomic E-state index is 0.682. The van der Waals surface area contributed by atoms with Crippen LogP contribution >= 0.6 is 0 Å². The van der Waals surface area contributed by atoms with Gasteiger partial charge in [-0.1, -0.05) is 152 Å². The van der Waals surface area contributed by atoms with E-state index < -0.39 is 0 Å². The summed E-state index contributed by atoms with van der Waals surface area (Å²) in [6, 6.07) is 56.8. The third kappa shape index (κ3) is 4.81. The number of pyridine rings is 1. The Hall–Kier alpha value is -5.93. The van der Waals surface area contributed by atoms with Gasteiger partial charge >= 0.3 is 0 Å². The van der Waals surface area contributed by atoms with Crippen molar-refractivity contribution in [1.82, 2.24) is 15.0 Å². The fourth-order valence-electron chi connectivity index (χ4n) is 5.79. The summed E-state index contributed by atoms with van der Waals surface area (Å²) >= 11 is 0. The molecule has 206 valence electrons. The highest BCUT2D eigenvalue weighted by Gasteiger charge is 2.15. The van der Waals surface area contributed by atoms with Gasteiger partial charge in [0.05, 0.1) is 16.9 Å². The quantitative estimate of drug-likeness (QED) is 0.196. The Morgan fingerprint density at radius 2 is 0.773 bits per heavy atom. The zero-order chi connectivity index (χ0) is 29.3. The van der Waals surface area contributed by atoms with E-state index in [-0.39, 0.29) is 0 Å². The molecule has 0 bridgehead atoms. The molecule has 8 rings (SSSR count). The number of aromatic nitrogens is 3. The maximum absolute atomic E-state index is 5.17. The summed E-state index contributed by atoms with van der Waals surface area (Å²) in [6.45, 7) is 0. The molecule has 3 nitrogen and oxygen atoms in total. The van der Waals surface area contributed by atoms with Crippen LogP contribution in [0.4, 0.5) is 0 Å². The van der Waals surface area contributed by atoms with Crippen LogP contribution < -0.4 is 0 Å². The van der Waals surface area contributed by atoms with Crippen molar-refractivity contribution in [2.45, 2.75) is 0 Å². The lowest BCUT2D eigenvalue weighted by molar-refractivity contribution is 1.23. The van der Waals surface area contributed by atoms with Gasteiger partial charge < -0.3 is 0 Å². The zero-order valence-electron chi connectivity index (χ0n) is 23.9. The molecule has 0 aliphatic carbocycles. The third-order valence-corrected chi connectivity index (χ3v) is 8.11. The number of nitrogens with zero attached hydrogens (tertiary/aromatic N) is 3. The average molecular weight is 562 g/mol. The number of hydrogen-bond acceptors (Lipinski definition) is 3. The molecule has 0 N–H and O–H groups in total. The Bertz CT molecular complexity index is 2230. The fourth-order valence-corrected chi connectivity index (χ4v) is 5.79. The molecule has 0 unspecified atom stereocenters. The molecule has 0 saturated heterocycles. The summed E-state index contributed by atoms with van der Waals surface area (Å²) in [6.07, 6.45) is 0. The highest BCUT2D eigenvalue weighted by atomic mass is 14.9. The Morgan fingerprint density at radius 1 is 0.295 bits per heavy atom. The molecule has 0 fully saturated rings. The van der Waals surface area contributed by atoms with Crippen molar-refractivity contribution in [2.24, 2.45) is 0 Å². The van der Waals surface area contributed by atoms with Gasteiger partial charge in [-0.25, -0.2) is 15.0 Å². The first-order valence-electron chi connectivity index (χ1n) is 14.8. The molecule has 44 heavy (non-hydrogen) atoms. The number of fused-ring (bicyclic) bond motifs is 3. The van der Waals surface area contributed by atoms with Crippen LogP contribution in [0.1, 0.15) is 0 Å². The van der Waals surface area contributed by atoms with Crippen molar-refractivity contribution in [3.63, 3.8) is 0 Å². The summed E-state index contributed by atoms with van der Waals surface area (Å²) < 4.78 is 0. The van der Waals surface area contributed by atoms with E-state index in [1.807, 2.05) is 42.5 Å². The van der Waals surface area contributed by atoms with Gasteiger partial charge in [0.1, 0.15) is 5.52 Å². The molecule has 6 aromatic carbocycles. The second-order valence-electron chi connectivity index (χ2n) is 10.9. The minimum Gasteiger partial charge on any atom is -0.245 e. The maximum atomic E-state index is 5.17. The lowest BCUT2D eigenvalue weighted by Crippen LogP contribution is -1.97. The number of hydrogen-bond donors (Lipinski definition) is 0. The largest absolute Gasteiger partial charge is 0.245 e. The highest BCUT2D eigenvalue weighted by molar-refractivity contribution is 6.08. The molecule has 0 aliphatic heterocycles. The summed E-state index contributed by atoms with van der Waals surface area (Å²) in [5.41, 5.74) is 11.4. The van der Waals surface area contributed by atoms with Crippen molar-refractivity contribution in [3.05, 3.63) is 164 Å². The van der Waals surface area contributed by atoms with Gasteiger partial charge in [-0.05, 0) is 34.4 Å². The SMILES string of the molecule is c1ccc(-c2ccc(-c3ccc(-c4nc(-c5ccccc5)c5ccc6ccc(-c7ccccc7)nc6c5n4)cc3)cc2)cc1. The van der Waals surface area contributed by atoms with E-state index in [1.165, 1.54) is 16.7 Å². The van der Waals surface area contributed by atoms with Gasteiger partial charge in [0.15, 0.2) is 5.82 Å². The average Bonchev–Trinajstić information content (AvgIpc) is 3.12. The molecular formula is C41H27N3. The van der Waals surface area contributed by atoms with Crippen LogP contribution in [0.15, 0.2) is 164 Å². The second-order valence-corrected chi connectivity index (χ2v) is 10.9. The lowest BCUT2D eigenvalue weighted by Gasteiger charge is -2.12. The predicted molar refractivity (Wildman–Crippen MR) is 182 cm³/mol. The van der Waals surface area contributed by atoms with Gasteiger partial charge in [-0.2, -0.15) is 0 Å². The van der Waals surface area contributed by atoms with Crippen LogP contribution in [0.2, 0.25) is 0 Å². The standard InChI is InChI=1S/C41H27N3/c1-4-10-28(11-5-1)29-16-18-30(19-17-29)31-20-22-35(23-21-31)41-43-38(33-14-8-3-9-15-33)36-26-24-34-25-27-37(32-12-6-2-7-13-32)42-39(34)40(36)44-41/h1-27H. The Balaban J connectivity index is 1.24. The van der Waals surface area contributed by atoms with E-state index >= 15 is 0 Å². The van der Waals surface area contributed by atoms with Crippen LogP contribution in [-0.4, -0.2) is 15.0 Å². The minimum atomic E-state index is 0.682. The second kappa shape index (κ2) is 11.0. The molecule has 0 saturated carbocycles. The van der Waals surface area contributed by atoms with Gasteiger partial charge in [0.2, 0.25) is 0 Å². The first-order valence-corrected chi connectivity index (χ1v) is 14.8. The summed E-state index contributed by atoms with van der Waals surface area (Å²) in [5, 5.41) is 2.04. The number of rotatable bonds is 5. The molecular weight excluding hydrogens is 534 g/mol. The Labute approximate surface area is 256 Å². The van der Waals surface area contributed by atoms with E-state index in [0.29, 0.717) is 5.82 Å². The fraction of sp³-hybridized carbons (Fsp3) is 0. The topological polar surface area (TPSA) is 38.7 Å². The maximum Gasteiger partial charge on any atom is 0.160 e. The first-order chi connectivity index (χ1) is 21.8. The normalized spacial score (nSPS) is 11.2. The van der Waals surface area contributed by atoms with Crippen molar-refractivity contribution >= 4 is 21.8 Å². The molecule has 0 atom stereocenters. The van der Waals surface area contributed by atoms with Gasteiger partial charge in [-0.3, -0.25) is 0 Å². The van der Waals surface area contributed by atoms with E-state index in [4.69, 9.17) is 15.0 Å². The predicted octanol–water partition coefficient (Wildman–Crippen LogP) is 10.5. The first kappa shape index (κ1) is 25.8. The van der Waals surface area contributed by atoms with Crippen LogP contribution in [-0.2, 0) is 0 Å². The Kier molecular flexibility index (Phi) is 6.47. The molecule has 0 amide bonds. The summed E-state index contributed by atoms with van der Waals surface area (Å²) in [4.78, 5) is 15.4. The van der Waals surface area contributed by atoms with Crippen LogP contribution in [0.25, 0.3) is 78.0 Å². The van der Waals surface area contributed by atoms with Crippen molar-refractivity contribution in [1.29, 1.82) is 0 Å². The van der Waals surface area contributed by atoms with Gasteiger partial charge in [-0.15, -0.1) is 0 Å². The van der Waals surface area contributed by atoms with Crippen LogP contribution in [0.5, 0.6) is 0 Å². The van der Waals surface area contributed by atoms with E-state index in [2.05, 4.69) is 121 Å². The summed E-state index contributed by atoms with van der Waals surface area (Å²) in [5.74, 6) is 0.682. The van der Waals surface area contributed by atoms with Crippen LogP contribution in [0, 0.1) is 0 Å². The van der Waals surface area contributed by atoms with Crippen molar-refractivity contribution < 1.29 is 0 Å². The van der Waals surface area contributed by atoms with Gasteiger partial charge in [0, 0.05) is 27.5 Å². The van der Waals surface area contributed by atoms with Gasteiger partial charge in [0.25, 0.3) is 0 Å².